The van der Waals surface area contributed by atoms with Crippen LogP contribution in [0.4, 0.5) is 17.2 Å². The second-order valence-electron chi connectivity index (χ2n) is 3.26. The number of anilines is 3. The van der Waals surface area contributed by atoms with Crippen molar-refractivity contribution >= 4 is 17.2 Å². The summed E-state index contributed by atoms with van der Waals surface area (Å²) in [6.45, 7) is 0. The minimum absolute atomic E-state index is 0.576. The lowest BCUT2D eigenvalue weighted by Crippen LogP contribution is -1.96. The number of nitrogen functional groups attached to an aromatic ring is 1. The number of nitrogens with two attached hydrogens (primary N) is 1. The normalized spacial score (nSPS) is 9.44. The van der Waals surface area contributed by atoms with E-state index in [0.29, 0.717) is 17.1 Å². The quantitative estimate of drug-likeness (QED) is 0.797. The lowest BCUT2D eigenvalue weighted by molar-refractivity contribution is 1.31. The van der Waals surface area contributed by atoms with Crippen LogP contribution in [0.15, 0.2) is 42.6 Å². The molecule has 0 bridgehead atoms. The van der Waals surface area contributed by atoms with Gasteiger partial charge >= 0.3 is 0 Å². The second kappa shape index (κ2) is 4.32. The average Bonchev–Trinajstić information content (AvgIpc) is 2.30. The molecule has 0 aliphatic rings. The Bertz CT molecular complexity index is 543. The number of pyridine rings is 1. The predicted molar refractivity (Wildman–Crippen MR) is 63.1 cm³/mol. The van der Waals surface area contributed by atoms with Crippen molar-refractivity contribution < 1.29 is 0 Å². The molecule has 2 aromatic rings. The van der Waals surface area contributed by atoms with Crippen LogP contribution in [0.3, 0.4) is 0 Å². The van der Waals surface area contributed by atoms with E-state index in [-0.39, 0.29) is 0 Å². The van der Waals surface area contributed by atoms with Gasteiger partial charge in [-0.3, -0.25) is 0 Å². The van der Waals surface area contributed by atoms with Crippen LogP contribution < -0.4 is 11.1 Å². The van der Waals surface area contributed by atoms with Gasteiger partial charge in [-0.2, -0.15) is 5.26 Å². The van der Waals surface area contributed by atoms with Crippen LogP contribution in [-0.2, 0) is 0 Å². The lowest BCUT2D eigenvalue weighted by Gasteiger charge is -2.07. The number of para-hydroxylation sites is 1. The highest BCUT2D eigenvalue weighted by atomic mass is 15.0. The second-order valence-corrected chi connectivity index (χ2v) is 3.26. The molecule has 0 saturated carbocycles. The maximum absolute atomic E-state index is 8.92. The molecular formula is C12H10N4. The average molecular weight is 210 g/mol. The van der Waals surface area contributed by atoms with E-state index in [0.717, 1.165) is 5.69 Å². The number of hydrogen-bond donors (Lipinski definition) is 2. The monoisotopic (exact) mass is 210 g/mol. The van der Waals surface area contributed by atoms with Crippen molar-refractivity contribution in [2.24, 2.45) is 0 Å². The van der Waals surface area contributed by atoms with E-state index in [1.165, 1.54) is 0 Å². The Morgan fingerprint density at radius 3 is 2.81 bits per heavy atom. The molecule has 0 unspecified atom stereocenters. The molecule has 2 rings (SSSR count). The summed E-state index contributed by atoms with van der Waals surface area (Å²) in [5.74, 6) is 0.628. The molecule has 0 aliphatic heterocycles. The number of rotatable bonds is 2. The third-order valence-corrected chi connectivity index (χ3v) is 2.09. The van der Waals surface area contributed by atoms with Crippen LogP contribution in [-0.4, -0.2) is 4.98 Å². The van der Waals surface area contributed by atoms with Crippen molar-refractivity contribution in [1.29, 1.82) is 5.26 Å². The van der Waals surface area contributed by atoms with Gasteiger partial charge in [-0.15, -0.1) is 0 Å². The number of nitrogens with zero attached hydrogens (tertiary/aromatic N) is 2. The zero-order valence-electron chi connectivity index (χ0n) is 8.51. The fourth-order valence-electron chi connectivity index (χ4n) is 1.34. The first kappa shape index (κ1) is 9.99. The maximum Gasteiger partial charge on any atom is 0.132 e. The fraction of sp³-hybridized carbons (Fsp3) is 0. The van der Waals surface area contributed by atoms with E-state index in [9.17, 15) is 0 Å². The molecule has 16 heavy (non-hydrogen) atoms. The third kappa shape index (κ3) is 2.10. The van der Waals surface area contributed by atoms with Gasteiger partial charge in [-0.25, -0.2) is 4.98 Å². The van der Waals surface area contributed by atoms with E-state index in [2.05, 4.69) is 16.4 Å². The molecule has 3 N–H and O–H groups in total. The number of aromatic nitrogens is 1. The van der Waals surface area contributed by atoms with Crippen molar-refractivity contribution in [3.05, 3.63) is 48.2 Å². The highest BCUT2D eigenvalue weighted by Crippen LogP contribution is 2.19. The minimum Gasteiger partial charge on any atom is -0.399 e. The Kier molecular flexibility index (Phi) is 2.70. The molecule has 0 aliphatic carbocycles. The molecule has 0 atom stereocenters. The molecule has 4 nitrogen and oxygen atoms in total. The number of benzene rings is 1. The molecular weight excluding hydrogens is 200 g/mol. The summed E-state index contributed by atoms with van der Waals surface area (Å²) in [5, 5.41) is 12.0. The van der Waals surface area contributed by atoms with Crippen molar-refractivity contribution in [2.45, 2.75) is 0 Å². The lowest BCUT2D eigenvalue weighted by atomic mass is 10.2. The smallest absolute Gasteiger partial charge is 0.132 e. The molecule has 0 spiro atoms. The van der Waals surface area contributed by atoms with Gasteiger partial charge in [0.05, 0.1) is 11.3 Å². The van der Waals surface area contributed by atoms with E-state index in [1.807, 2.05) is 18.2 Å². The predicted octanol–water partition coefficient (Wildman–Crippen LogP) is 2.28. The largest absolute Gasteiger partial charge is 0.399 e. The van der Waals surface area contributed by atoms with Crippen molar-refractivity contribution in [3.8, 4) is 6.07 Å². The maximum atomic E-state index is 8.92. The molecule has 0 amide bonds. The van der Waals surface area contributed by atoms with Gasteiger partial charge < -0.3 is 11.1 Å². The van der Waals surface area contributed by atoms with Crippen LogP contribution in [0.5, 0.6) is 0 Å². The summed E-state index contributed by atoms with van der Waals surface area (Å²) in [7, 11) is 0. The highest BCUT2D eigenvalue weighted by molar-refractivity contribution is 5.65. The standard InChI is InChI=1S/C12H10N4/c13-8-9-3-1-2-4-11(9)16-12-7-10(14)5-6-15-12/h1-7H,(H3,14,15,16). The van der Waals surface area contributed by atoms with Crippen molar-refractivity contribution in [2.75, 3.05) is 11.1 Å². The highest BCUT2D eigenvalue weighted by Gasteiger charge is 2.01. The first-order valence-electron chi connectivity index (χ1n) is 4.77. The van der Waals surface area contributed by atoms with E-state index >= 15 is 0 Å². The van der Waals surface area contributed by atoms with Gasteiger partial charge in [0.1, 0.15) is 11.9 Å². The zero-order valence-corrected chi connectivity index (χ0v) is 8.51. The summed E-state index contributed by atoms with van der Waals surface area (Å²) in [6, 6.07) is 12.8. The zero-order chi connectivity index (χ0) is 11.4. The van der Waals surface area contributed by atoms with Crippen molar-refractivity contribution in [3.63, 3.8) is 0 Å². The molecule has 0 radical (unpaired) electrons. The molecule has 1 heterocycles. The van der Waals surface area contributed by atoms with E-state index in [1.54, 1.807) is 24.4 Å². The van der Waals surface area contributed by atoms with Crippen LogP contribution in [0.1, 0.15) is 5.56 Å². The molecule has 1 aromatic carbocycles. The first-order valence-corrected chi connectivity index (χ1v) is 4.77. The molecule has 1 aromatic heterocycles. The van der Waals surface area contributed by atoms with Gasteiger partial charge in [0.15, 0.2) is 0 Å². The summed E-state index contributed by atoms with van der Waals surface area (Å²) in [4.78, 5) is 4.11. The van der Waals surface area contributed by atoms with Crippen molar-refractivity contribution in [1.82, 2.24) is 4.98 Å². The Morgan fingerprint density at radius 1 is 1.25 bits per heavy atom. The Labute approximate surface area is 93.4 Å². The molecule has 4 heteroatoms. The van der Waals surface area contributed by atoms with Crippen LogP contribution in [0.2, 0.25) is 0 Å². The van der Waals surface area contributed by atoms with Gasteiger partial charge in [0.25, 0.3) is 0 Å². The molecule has 78 valence electrons. The van der Waals surface area contributed by atoms with Gasteiger partial charge in [0, 0.05) is 18.0 Å². The Hall–Kier alpha value is -2.54. The van der Waals surface area contributed by atoms with Gasteiger partial charge in [-0.05, 0) is 18.2 Å². The molecule has 0 saturated heterocycles. The van der Waals surface area contributed by atoms with Gasteiger partial charge in [0.2, 0.25) is 0 Å². The molecule has 0 fully saturated rings. The number of hydrogen-bond acceptors (Lipinski definition) is 4. The fourth-order valence-corrected chi connectivity index (χ4v) is 1.34. The summed E-state index contributed by atoms with van der Waals surface area (Å²) in [6.07, 6.45) is 1.62. The third-order valence-electron chi connectivity index (χ3n) is 2.09. The van der Waals surface area contributed by atoms with Crippen LogP contribution >= 0.6 is 0 Å². The SMILES string of the molecule is N#Cc1ccccc1Nc1cc(N)ccn1. The number of nitriles is 1. The van der Waals surface area contributed by atoms with E-state index in [4.69, 9.17) is 11.0 Å². The van der Waals surface area contributed by atoms with Crippen LogP contribution in [0, 0.1) is 11.3 Å². The Balaban J connectivity index is 2.31. The topological polar surface area (TPSA) is 74.7 Å². The summed E-state index contributed by atoms with van der Waals surface area (Å²) < 4.78 is 0. The minimum atomic E-state index is 0.576. The van der Waals surface area contributed by atoms with Gasteiger partial charge in [-0.1, -0.05) is 12.1 Å². The summed E-state index contributed by atoms with van der Waals surface area (Å²) in [5.41, 5.74) is 7.57. The number of nitrogens with one attached hydrogen (secondary N) is 1. The van der Waals surface area contributed by atoms with Crippen LogP contribution in [0.25, 0.3) is 0 Å². The van der Waals surface area contributed by atoms with E-state index < -0.39 is 0 Å². The Morgan fingerprint density at radius 2 is 2.06 bits per heavy atom. The first-order chi connectivity index (χ1) is 7.79. The summed E-state index contributed by atoms with van der Waals surface area (Å²) >= 11 is 0.